The third-order valence-electron chi connectivity index (χ3n) is 5.83. The minimum atomic E-state index is -0.868. The maximum Gasteiger partial charge on any atom is 0.140 e. The van der Waals surface area contributed by atoms with Crippen LogP contribution in [0.3, 0.4) is 0 Å². The predicted octanol–water partition coefficient (Wildman–Crippen LogP) is 4.63. The van der Waals surface area contributed by atoms with Crippen molar-refractivity contribution >= 4 is 19.6 Å². The molecule has 1 radical (unpaired) electrons. The van der Waals surface area contributed by atoms with E-state index >= 15 is 0 Å². The zero-order valence-corrected chi connectivity index (χ0v) is 21.3. The highest BCUT2D eigenvalue weighted by Gasteiger charge is 2.34. The van der Waals surface area contributed by atoms with Crippen molar-refractivity contribution in [3.63, 3.8) is 0 Å². The number of allylic oxidation sites excluding steroid dienone is 1. The Hall–Kier alpha value is -0.943. The fourth-order valence-corrected chi connectivity index (χ4v) is 7.97. The third-order valence-corrected chi connectivity index (χ3v) is 9.02. The van der Waals surface area contributed by atoms with Crippen molar-refractivity contribution in [1.29, 1.82) is 0 Å². The highest BCUT2D eigenvalue weighted by atomic mass is 28.3. The molecule has 1 aromatic carbocycles. The molecular weight excluding hydrogens is 370 g/mol. The molecule has 165 valence electrons. The molecule has 0 heterocycles. The van der Waals surface area contributed by atoms with Gasteiger partial charge in [-0.15, -0.1) is 0 Å². The van der Waals surface area contributed by atoms with E-state index in [-0.39, 0.29) is 0 Å². The molecule has 29 heavy (non-hydrogen) atoms. The average Bonchev–Trinajstić information content (AvgIpc) is 2.73. The summed E-state index contributed by atoms with van der Waals surface area (Å²) in [6.45, 7) is 27.0. The molecular formula is C25H46N3Si. The first kappa shape index (κ1) is 26.1. The summed E-state index contributed by atoms with van der Waals surface area (Å²) in [5.74, 6) is 0.515. The average molecular weight is 417 g/mol. The van der Waals surface area contributed by atoms with E-state index in [1.165, 1.54) is 37.7 Å². The van der Waals surface area contributed by atoms with Crippen LogP contribution in [0.1, 0.15) is 66.9 Å². The third kappa shape index (κ3) is 7.67. The number of benzene rings is 1. The van der Waals surface area contributed by atoms with Gasteiger partial charge in [-0.1, -0.05) is 83.1 Å². The monoisotopic (exact) mass is 416 g/mol. The summed E-state index contributed by atoms with van der Waals surface area (Å²) >= 11 is 0. The summed E-state index contributed by atoms with van der Waals surface area (Å²) in [7, 11) is -0.868. The minimum Gasteiger partial charge on any atom is -0.306 e. The summed E-state index contributed by atoms with van der Waals surface area (Å²) in [4.78, 5) is 8.12. The largest absolute Gasteiger partial charge is 0.306 e. The topological polar surface area (TPSA) is 9.72 Å². The highest BCUT2D eigenvalue weighted by Crippen LogP contribution is 2.15. The van der Waals surface area contributed by atoms with Crippen molar-refractivity contribution in [2.24, 2.45) is 0 Å². The van der Waals surface area contributed by atoms with Crippen LogP contribution < -0.4 is 5.19 Å². The molecule has 0 aliphatic rings. The number of hydrogen-bond acceptors (Lipinski definition) is 3. The van der Waals surface area contributed by atoms with Crippen LogP contribution >= 0.6 is 0 Å². The van der Waals surface area contributed by atoms with Crippen LogP contribution in [0, 0.1) is 0 Å². The first-order chi connectivity index (χ1) is 14.0. The van der Waals surface area contributed by atoms with Gasteiger partial charge in [-0.05, 0) is 70.8 Å². The zero-order chi connectivity index (χ0) is 21.8. The summed E-state index contributed by atoms with van der Waals surface area (Å²) in [5, 5.41) is 1.55. The van der Waals surface area contributed by atoms with Gasteiger partial charge >= 0.3 is 0 Å². The maximum absolute atomic E-state index is 4.21. The standard InChI is InChI=1S/C25H46N3Si/c1-9-18-26(19-10-2)21-29(24-17-15-16-23(20-24)22(7)8)25(27(11-3)12-4)28(13-5)14-6/h15-17,20,25H,7,9-14,18-19,21H2,1-6,8H3. The van der Waals surface area contributed by atoms with Crippen molar-refractivity contribution in [2.75, 3.05) is 45.4 Å². The van der Waals surface area contributed by atoms with Gasteiger partial charge in [0.15, 0.2) is 0 Å². The van der Waals surface area contributed by atoms with Crippen LogP contribution in [-0.2, 0) is 0 Å². The first-order valence-corrected chi connectivity index (χ1v) is 13.6. The fraction of sp³-hybridized carbons (Fsp3) is 0.680. The van der Waals surface area contributed by atoms with Crippen LogP contribution in [0.2, 0.25) is 0 Å². The Labute approximate surface area is 183 Å². The Morgan fingerprint density at radius 2 is 1.41 bits per heavy atom. The van der Waals surface area contributed by atoms with Crippen LogP contribution in [0.4, 0.5) is 0 Å². The second-order valence-electron chi connectivity index (χ2n) is 7.98. The molecule has 4 heteroatoms. The van der Waals surface area contributed by atoms with Gasteiger partial charge in [-0.2, -0.15) is 0 Å². The Kier molecular flexibility index (Phi) is 12.7. The fourth-order valence-electron chi connectivity index (χ4n) is 4.26. The van der Waals surface area contributed by atoms with Crippen molar-refractivity contribution in [2.45, 2.75) is 67.1 Å². The van der Waals surface area contributed by atoms with Crippen molar-refractivity contribution in [3.8, 4) is 0 Å². The quantitative estimate of drug-likeness (QED) is 0.305. The van der Waals surface area contributed by atoms with Crippen molar-refractivity contribution in [3.05, 3.63) is 36.4 Å². The molecule has 0 saturated heterocycles. The molecule has 0 N–H and O–H groups in total. The highest BCUT2D eigenvalue weighted by molar-refractivity contribution is 6.74. The van der Waals surface area contributed by atoms with Gasteiger partial charge in [-0.3, -0.25) is 9.80 Å². The first-order valence-electron chi connectivity index (χ1n) is 11.8. The molecule has 0 atom stereocenters. The molecule has 1 rings (SSSR count). The molecule has 1 aromatic rings. The van der Waals surface area contributed by atoms with E-state index in [9.17, 15) is 0 Å². The lowest BCUT2D eigenvalue weighted by molar-refractivity contribution is 0.110. The van der Waals surface area contributed by atoms with Gasteiger partial charge < -0.3 is 4.90 Å². The van der Waals surface area contributed by atoms with Gasteiger partial charge in [0.05, 0.1) is 5.79 Å². The molecule has 0 unspecified atom stereocenters. The van der Waals surface area contributed by atoms with E-state index in [0.29, 0.717) is 5.79 Å². The lowest BCUT2D eigenvalue weighted by atomic mass is 10.1. The smallest absolute Gasteiger partial charge is 0.140 e. The molecule has 0 aromatic heterocycles. The predicted molar refractivity (Wildman–Crippen MR) is 133 cm³/mol. The van der Waals surface area contributed by atoms with E-state index in [4.69, 9.17) is 0 Å². The van der Waals surface area contributed by atoms with E-state index in [1.807, 2.05) is 0 Å². The van der Waals surface area contributed by atoms with E-state index < -0.39 is 8.80 Å². The molecule has 0 fully saturated rings. The Morgan fingerprint density at radius 1 is 0.897 bits per heavy atom. The summed E-state index contributed by atoms with van der Waals surface area (Å²) in [6, 6.07) is 9.28. The van der Waals surface area contributed by atoms with Crippen LogP contribution in [0.15, 0.2) is 30.8 Å². The van der Waals surface area contributed by atoms with Crippen LogP contribution in [-0.4, -0.2) is 74.7 Å². The van der Waals surface area contributed by atoms with Crippen LogP contribution in [0.5, 0.6) is 0 Å². The second-order valence-corrected chi connectivity index (χ2v) is 10.4. The van der Waals surface area contributed by atoms with E-state index in [2.05, 4.69) is 94.0 Å². The number of hydrogen-bond donors (Lipinski definition) is 0. The normalized spacial score (nSPS) is 12.1. The number of nitrogens with zero attached hydrogens (tertiary/aromatic N) is 3. The maximum atomic E-state index is 4.21. The Balaban J connectivity index is 3.48. The van der Waals surface area contributed by atoms with E-state index in [0.717, 1.165) is 31.8 Å². The second kappa shape index (κ2) is 14.1. The van der Waals surface area contributed by atoms with Gasteiger partial charge in [0.1, 0.15) is 8.80 Å². The molecule has 0 spiro atoms. The molecule has 0 aliphatic heterocycles. The number of rotatable bonds is 15. The van der Waals surface area contributed by atoms with Gasteiger partial charge in [-0.25, -0.2) is 0 Å². The van der Waals surface area contributed by atoms with Gasteiger partial charge in [0.25, 0.3) is 0 Å². The molecule has 3 nitrogen and oxygen atoms in total. The molecule has 0 amide bonds. The summed E-state index contributed by atoms with van der Waals surface area (Å²) in [5.41, 5.74) is 2.45. The van der Waals surface area contributed by atoms with Crippen LogP contribution in [0.25, 0.3) is 5.57 Å². The van der Waals surface area contributed by atoms with Crippen molar-refractivity contribution < 1.29 is 0 Å². The minimum absolute atomic E-state index is 0.515. The Morgan fingerprint density at radius 3 is 1.83 bits per heavy atom. The zero-order valence-electron chi connectivity index (χ0n) is 20.3. The lowest BCUT2D eigenvalue weighted by Crippen LogP contribution is -2.64. The Bertz CT molecular complexity index is 563. The van der Waals surface area contributed by atoms with Crippen molar-refractivity contribution in [1.82, 2.24) is 14.7 Å². The van der Waals surface area contributed by atoms with Gasteiger partial charge in [0.2, 0.25) is 0 Å². The lowest BCUT2D eigenvalue weighted by Gasteiger charge is -2.43. The molecule has 0 saturated carbocycles. The SMILES string of the molecule is C=C(C)c1cccc([Si](CN(CCC)CCC)C(N(CC)CC)N(CC)CC)c1. The molecule has 0 aliphatic carbocycles. The summed E-state index contributed by atoms with van der Waals surface area (Å²) in [6.07, 6.45) is 3.66. The van der Waals surface area contributed by atoms with E-state index in [1.54, 1.807) is 5.19 Å². The van der Waals surface area contributed by atoms with Gasteiger partial charge in [0, 0.05) is 0 Å². The summed E-state index contributed by atoms with van der Waals surface area (Å²) < 4.78 is 0. The molecule has 0 bridgehead atoms.